The van der Waals surface area contributed by atoms with E-state index in [1.54, 1.807) is 0 Å². The molecule has 0 aromatic heterocycles. The van der Waals surface area contributed by atoms with Crippen LogP contribution in [0.1, 0.15) is 52.9 Å². The van der Waals surface area contributed by atoms with Crippen LogP contribution in [0.2, 0.25) is 0 Å². The molecule has 0 aromatic rings. The topological polar surface area (TPSA) is 93.1 Å². The molecular formula is C22H32O6. The minimum Gasteiger partial charge on any atom is -0.458 e. The zero-order chi connectivity index (χ0) is 20.7. The third kappa shape index (κ3) is 3.41. The molecule has 6 nitrogen and oxygen atoms in total. The molecule has 0 bridgehead atoms. The summed E-state index contributed by atoms with van der Waals surface area (Å²) in [5.74, 6) is -0.581. The second kappa shape index (κ2) is 7.64. The molecule has 2 saturated carbocycles. The molecule has 3 fully saturated rings. The van der Waals surface area contributed by atoms with Crippen molar-refractivity contribution in [1.82, 2.24) is 0 Å². The number of fused-ring (bicyclic) bond motifs is 1. The first kappa shape index (κ1) is 21.1. The van der Waals surface area contributed by atoms with Gasteiger partial charge in [-0.2, -0.15) is 0 Å². The maximum Gasteiger partial charge on any atom is 0.337 e. The van der Waals surface area contributed by atoms with Gasteiger partial charge in [0, 0.05) is 12.3 Å². The normalized spacial score (nSPS) is 42.2. The van der Waals surface area contributed by atoms with Gasteiger partial charge < -0.3 is 19.7 Å². The number of aliphatic hydroxyl groups is 2. The first-order chi connectivity index (χ1) is 13.1. The van der Waals surface area contributed by atoms with Gasteiger partial charge in [-0.3, -0.25) is 4.79 Å². The Labute approximate surface area is 166 Å². The molecule has 1 saturated heterocycles. The summed E-state index contributed by atoms with van der Waals surface area (Å²) in [6.45, 7) is 9.84. The van der Waals surface area contributed by atoms with Crippen molar-refractivity contribution in [3.8, 4) is 0 Å². The first-order valence-electron chi connectivity index (χ1n) is 10.1. The molecule has 0 unspecified atom stereocenters. The summed E-state index contributed by atoms with van der Waals surface area (Å²) in [6, 6.07) is 0. The van der Waals surface area contributed by atoms with Crippen LogP contribution in [0.25, 0.3) is 0 Å². The molecule has 0 amide bonds. The van der Waals surface area contributed by atoms with Gasteiger partial charge in [-0.25, -0.2) is 4.79 Å². The molecule has 6 atom stereocenters. The van der Waals surface area contributed by atoms with Crippen molar-refractivity contribution in [1.29, 1.82) is 0 Å². The fourth-order valence-corrected chi connectivity index (χ4v) is 5.85. The Balaban J connectivity index is 1.87. The minimum atomic E-state index is -0.652. The number of carbonyl (C=O) groups is 2. The fraction of sp³-hybridized carbons (Fsp3) is 0.727. The third-order valence-electron chi connectivity index (χ3n) is 7.52. The third-order valence-corrected chi connectivity index (χ3v) is 7.52. The molecule has 2 aliphatic carbocycles. The lowest BCUT2D eigenvalue weighted by molar-refractivity contribution is -0.151. The van der Waals surface area contributed by atoms with E-state index in [9.17, 15) is 19.8 Å². The molecule has 28 heavy (non-hydrogen) atoms. The largest absolute Gasteiger partial charge is 0.458 e. The van der Waals surface area contributed by atoms with Gasteiger partial charge in [-0.1, -0.05) is 32.1 Å². The monoisotopic (exact) mass is 392 g/mol. The molecule has 156 valence electrons. The maximum absolute atomic E-state index is 12.1. The number of hydrogen-bond donors (Lipinski definition) is 2. The SMILES string of the molecule is C=C1CC[C@@H]2[C@](C)(CO)[C@H](O)CC[C@]2(C)[C@@H]1C/C=C1/C(=O)OC[C@H]1OC(C)=O. The smallest absolute Gasteiger partial charge is 0.337 e. The molecule has 6 heteroatoms. The molecule has 3 rings (SSSR count). The number of aliphatic hydroxyl groups excluding tert-OH is 2. The quantitative estimate of drug-likeness (QED) is 0.434. The summed E-state index contributed by atoms with van der Waals surface area (Å²) < 4.78 is 10.3. The highest BCUT2D eigenvalue weighted by atomic mass is 16.6. The van der Waals surface area contributed by atoms with Crippen molar-refractivity contribution in [2.75, 3.05) is 13.2 Å². The summed E-state index contributed by atoms with van der Waals surface area (Å²) >= 11 is 0. The number of hydrogen-bond acceptors (Lipinski definition) is 6. The Morgan fingerprint density at radius 2 is 2.11 bits per heavy atom. The number of allylic oxidation sites excluding steroid dienone is 2. The van der Waals surface area contributed by atoms with Gasteiger partial charge in [0.2, 0.25) is 0 Å². The Kier molecular flexibility index (Phi) is 5.74. The molecule has 0 aromatic carbocycles. The summed E-state index contributed by atoms with van der Waals surface area (Å²) in [5.41, 5.74) is 0.881. The molecule has 2 N–H and O–H groups in total. The number of esters is 2. The van der Waals surface area contributed by atoms with Crippen LogP contribution in [0.5, 0.6) is 0 Å². The summed E-state index contributed by atoms with van der Waals surface area (Å²) in [6.07, 6.45) is 4.50. The second-order valence-electron chi connectivity index (χ2n) is 9.12. The predicted molar refractivity (Wildman–Crippen MR) is 103 cm³/mol. The Morgan fingerprint density at radius 3 is 2.75 bits per heavy atom. The van der Waals surface area contributed by atoms with Gasteiger partial charge in [0.15, 0.2) is 6.10 Å². The van der Waals surface area contributed by atoms with Crippen LogP contribution in [-0.4, -0.2) is 47.6 Å². The summed E-state index contributed by atoms with van der Waals surface area (Å²) in [4.78, 5) is 23.4. The van der Waals surface area contributed by atoms with E-state index in [1.807, 2.05) is 13.0 Å². The zero-order valence-corrected chi connectivity index (χ0v) is 17.1. The standard InChI is InChI=1S/C22H32O6/c1-13-5-8-18-21(3,10-9-19(25)22(18,4)12-23)16(13)7-6-15-17(28-14(2)24)11-27-20(15)26/h6,16-19,23,25H,1,5,7-12H2,2-4H3/b15-6+/t16-,17-,18+,19-,21-,22+/m1/s1. The molecular weight excluding hydrogens is 360 g/mol. The van der Waals surface area contributed by atoms with Crippen molar-refractivity contribution in [3.63, 3.8) is 0 Å². The van der Waals surface area contributed by atoms with Crippen LogP contribution in [0.3, 0.4) is 0 Å². The van der Waals surface area contributed by atoms with Gasteiger partial charge in [0.05, 0.1) is 18.3 Å². The van der Waals surface area contributed by atoms with E-state index in [0.29, 0.717) is 18.4 Å². The van der Waals surface area contributed by atoms with E-state index in [2.05, 4.69) is 13.5 Å². The van der Waals surface area contributed by atoms with Crippen LogP contribution in [-0.2, 0) is 19.1 Å². The van der Waals surface area contributed by atoms with Crippen molar-refractivity contribution < 1.29 is 29.3 Å². The van der Waals surface area contributed by atoms with Crippen molar-refractivity contribution >= 4 is 11.9 Å². The number of rotatable bonds is 4. The molecule has 1 heterocycles. The number of ether oxygens (including phenoxy) is 2. The van der Waals surface area contributed by atoms with Crippen LogP contribution in [0, 0.1) is 22.7 Å². The lowest BCUT2D eigenvalue weighted by Gasteiger charge is -2.59. The lowest BCUT2D eigenvalue weighted by Crippen LogP contribution is -2.57. The molecule has 0 spiro atoms. The fourth-order valence-electron chi connectivity index (χ4n) is 5.85. The highest BCUT2D eigenvalue weighted by molar-refractivity contribution is 5.92. The van der Waals surface area contributed by atoms with Crippen molar-refractivity contribution in [3.05, 3.63) is 23.8 Å². The predicted octanol–water partition coefficient (Wildman–Crippen LogP) is 2.53. The first-order valence-corrected chi connectivity index (χ1v) is 10.1. The maximum atomic E-state index is 12.1. The van der Waals surface area contributed by atoms with E-state index in [0.717, 1.165) is 24.8 Å². The van der Waals surface area contributed by atoms with Crippen LogP contribution in [0.15, 0.2) is 23.8 Å². The Bertz CT molecular complexity index is 697. The zero-order valence-electron chi connectivity index (χ0n) is 17.1. The lowest BCUT2D eigenvalue weighted by atomic mass is 9.46. The van der Waals surface area contributed by atoms with Crippen molar-refractivity contribution in [2.24, 2.45) is 22.7 Å². The van der Waals surface area contributed by atoms with Crippen LogP contribution in [0.4, 0.5) is 0 Å². The van der Waals surface area contributed by atoms with Gasteiger partial charge in [-0.15, -0.1) is 0 Å². The van der Waals surface area contributed by atoms with E-state index in [-0.39, 0.29) is 30.5 Å². The van der Waals surface area contributed by atoms with E-state index < -0.39 is 29.6 Å². The molecule has 1 aliphatic heterocycles. The number of cyclic esters (lactones) is 1. The summed E-state index contributed by atoms with van der Waals surface area (Å²) in [5, 5.41) is 20.7. The van der Waals surface area contributed by atoms with E-state index >= 15 is 0 Å². The molecule has 0 radical (unpaired) electrons. The van der Waals surface area contributed by atoms with E-state index in [4.69, 9.17) is 9.47 Å². The highest BCUT2D eigenvalue weighted by Crippen LogP contribution is 2.61. The van der Waals surface area contributed by atoms with E-state index in [1.165, 1.54) is 6.92 Å². The summed E-state index contributed by atoms with van der Waals surface area (Å²) in [7, 11) is 0. The Morgan fingerprint density at radius 1 is 1.39 bits per heavy atom. The van der Waals surface area contributed by atoms with Crippen LogP contribution >= 0.6 is 0 Å². The minimum absolute atomic E-state index is 0.0461. The highest BCUT2D eigenvalue weighted by Gasteiger charge is 2.57. The Hall–Kier alpha value is -1.66. The average molecular weight is 392 g/mol. The van der Waals surface area contributed by atoms with Gasteiger partial charge >= 0.3 is 11.9 Å². The second-order valence-corrected chi connectivity index (χ2v) is 9.12. The van der Waals surface area contributed by atoms with Gasteiger partial charge in [-0.05, 0) is 49.4 Å². The van der Waals surface area contributed by atoms with Crippen LogP contribution < -0.4 is 0 Å². The van der Waals surface area contributed by atoms with Gasteiger partial charge in [0.1, 0.15) is 6.61 Å². The number of carbonyl (C=O) groups excluding carboxylic acids is 2. The van der Waals surface area contributed by atoms with Crippen molar-refractivity contribution in [2.45, 2.75) is 65.1 Å². The average Bonchev–Trinajstić information content (AvgIpc) is 2.97. The molecule has 3 aliphatic rings. The van der Waals surface area contributed by atoms with Gasteiger partial charge in [0.25, 0.3) is 0 Å².